The van der Waals surface area contributed by atoms with E-state index >= 15 is 0 Å². The van der Waals surface area contributed by atoms with E-state index < -0.39 is 5.91 Å². The Morgan fingerprint density at radius 3 is 2.94 bits per heavy atom. The Labute approximate surface area is 105 Å². The Hall–Kier alpha value is -1.57. The molecule has 1 N–H and O–H groups in total. The van der Waals surface area contributed by atoms with Crippen LogP contribution in [0.4, 0.5) is 0 Å². The molecule has 2 aromatic rings. The molecule has 5 nitrogen and oxygen atoms in total. The molecule has 0 aliphatic rings. The lowest BCUT2D eigenvalue weighted by Crippen LogP contribution is -2.16. The second kappa shape index (κ2) is 4.97. The van der Waals surface area contributed by atoms with Crippen LogP contribution in [0.15, 0.2) is 44.5 Å². The normalized spacial score (nSPS) is 10.8. The summed E-state index contributed by atoms with van der Waals surface area (Å²) in [5, 5.41) is 3.73. The van der Waals surface area contributed by atoms with Gasteiger partial charge in [-0.2, -0.15) is 5.10 Å². The van der Waals surface area contributed by atoms with Gasteiger partial charge in [0.1, 0.15) is 5.76 Å². The number of nitrogens with one attached hydrogen (secondary N) is 1. The van der Waals surface area contributed by atoms with Crippen LogP contribution in [-0.2, 0) is 0 Å². The van der Waals surface area contributed by atoms with Crippen LogP contribution in [-0.4, -0.2) is 12.1 Å². The summed E-state index contributed by atoms with van der Waals surface area (Å²) < 4.78 is 10.9. The van der Waals surface area contributed by atoms with Gasteiger partial charge in [0, 0.05) is 0 Å². The maximum absolute atomic E-state index is 11.4. The van der Waals surface area contributed by atoms with Crippen LogP contribution < -0.4 is 5.43 Å². The van der Waals surface area contributed by atoms with E-state index in [1.807, 2.05) is 22.6 Å². The number of furan rings is 2. The molecule has 0 aliphatic carbocycles. The summed E-state index contributed by atoms with van der Waals surface area (Å²) in [6.07, 6.45) is 2.84. The van der Waals surface area contributed by atoms with Crippen molar-refractivity contribution >= 4 is 34.7 Å². The summed E-state index contributed by atoms with van der Waals surface area (Å²) in [7, 11) is 0. The molecule has 2 aromatic heterocycles. The van der Waals surface area contributed by atoms with Gasteiger partial charge >= 0.3 is 5.91 Å². The molecular formula is C10H7IN2O3. The minimum Gasteiger partial charge on any atom is -0.459 e. The molecule has 1 amide bonds. The standard InChI is InChI=1S/C10H7IN2O3/c11-9-4-3-7(16-9)6-12-13-10(14)8-2-1-5-15-8/h1-6H,(H,13,14). The lowest BCUT2D eigenvalue weighted by atomic mass is 10.4. The van der Waals surface area contributed by atoms with E-state index in [-0.39, 0.29) is 5.76 Å². The lowest BCUT2D eigenvalue weighted by Gasteiger charge is -1.93. The van der Waals surface area contributed by atoms with Crippen molar-refractivity contribution in [2.24, 2.45) is 5.10 Å². The van der Waals surface area contributed by atoms with Crippen molar-refractivity contribution in [2.45, 2.75) is 0 Å². The number of amides is 1. The minimum atomic E-state index is -0.400. The smallest absolute Gasteiger partial charge is 0.307 e. The van der Waals surface area contributed by atoms with Crippen molar-refractivity contribution in [3.05, 3.63) is 45.8 Å². The van der Waals surface area contributed by atoms with Crippen molar-refractivity contribution in [3.63, 3.8) is 0 Å². The van der Waals surface area contributed by atoms with Gasteiger partial charge in [-0.15, -0.1) is 0 Å². The van der Waals surface area contributed by atoms with Crippen LogP contribution in [0.5, 0.6) is 0 Å². The van der Waals surface area contributed by atoms with Gasteiger partial charge in [0.15, 0.2) is 9.53 Å². The number of carbonyl (C=O) groups is 1. The number of hydrogen-bond donors (Lipinski definition) is 1. The SMILES string of the molecule is O=C(NN=Cc1ccc(I)o1)c1ccco1. The van der Waals surface area contributed by atoms with Gasteiger partial charge in [0.2, 0.25) is 0 Å². The Morgan fingerprint density at radius 2 is 2.31 bits per heavy atom. The van der Waals surface area contributed by atoms with Gasteiger partial charge in [-0.25, -0.2) is 5.43 Å². The molecule has 16 heavy (non-hydrogen) atoms. The number of hydrogen-bond acceptors (Lipinski definition) is 4. The third-order valence-corrected chi connectivity index (χ3v) is 2.28. The number of carbonyl (C=O) groups excluding carboxylic acids is 1. The van der Waals surface area contributed by atoms with Crippen molar-refractivity contribution < 1.29 is 13.6 Å². The highest BCUT2D eigenvalue weighted by Crippen LogP contribution is 2.07. The maximum Gasteiger partial charge on any atom is 0.307 e. The Bertz CT molecular complexity index is 502. The molecule has 0 fully saturated rings. The number of rotatable bonds is 3. The summed E-state index contributed by atoms with van der Waals surface area (Å²) in [5.74, 6) is 0.387. The molecule has 0 saturated heterocycles. The van der Waals surface area contributed by atoms with Gasteiger partial charge in [-0.05, 0) is 46.9 Å². The minimum absolute atomic E-state index is 0.214. The predicted octanol–water partition coefficient (Wildman–Crippen LogP) is 2.24. The van der Waals surface area contributed by atoms with Crippen LogP contribution in [0.3, 0.4) is 0 Å². The molecular weight excluding hydrogens is 323 g/mol. The fraction of sp³-hybridized carbons (Fsp3) is 0. The highest BCUT2D eigenvalue weighted by molar-refractivity contribution is 14.1. The van der Waals surface area contributed by atoms with Crippen LogP contribution in [0.2, 0.25) is 0 Å². The van der Waals surface area contributed by atoms with Crippen molar-refractivity contribution in [1.29, 1.82) is 0 Å². The maximum atomic E-state index is 11.4. The fourth-order valence-corrected chi connectivity index (χ4v) is 1.45. The van der Waals surface area contributed by atoms with Gasteiger partial charge in [-0.3, -0.25) is 4.79 Å². The summed E-state index contributed by atoms with van der Waals surface area (Å²) in [4.78, 5) is 11.4. The van der Waals surface area contributed by atoms with Gasteiger partial charge in [0.25, 0.3) is 0 Å². The van der Waals surface area contributed by atoms with Gasteiger partial charge in [0.05, 0.1) is 12.5 Å². The number of halogens is 1. The highest BCUT2D eigenvalue weighted by atomic mass is 127. The van der Waals surface area contributed by atoms with Gasteiger partial charge in [-0.1, -0.05) is 0 Å². The van der Waals surface area contributed by atoms with E-state index in [1.54, 1.807) is 24.3 Å². The first-order chi connectivity index (χ1) is 7.75. The number of nitrogens with zero attached hydrogens (tertiary/aromatic N) is 1. The topological polar surface area (TPSA) is 67.7 Å². The van der Waals surface area contributed by atoms with Crippen LogP contribution in [0.25, 0.3) is 0 Å². The molecule has 0 spiro atoms. The molecule has 0 radical (unpaired) electrons. The van der Waals surface area contributed by atoms with Crippen LogP contribution in [0.1, 0.15) is 16.3 Å². The molecule has 0 aromatic carbocycles. The Morgan fingerprint density at radius 1 is 1.44 bits per heavy atom. The Balaban J connectivity index is 1.93. The molecule has 0 unspecified atom stereocenters. The summed E-state index contributed by atoms with van der Waals surface area (Å²) in [5.41, 5.74) is 2.32. The molecule has 0 saturated carbocycles. The van der Waals surface area contributed by atoms with E-state index in [0.717, 1.165) is 3.77 Å². The summed E-state index contributed by atoms with van der Waals surface area (Å²) in [6, 6.07) is 6.74. The third-order valence-electron chi connectivity index (χ3n) is 1.70. The van der Waals surface area contributed by atoms with Crippen molar-refractivity contribution in [2.75, 3.05) is 0 Å². The molecule has 0 atom stereocenters. The zero-order valence-electron chi connectivity index (χ0n) is 8.01. The predicted molar refractivity (Wildman–Crippen MR) is 65.2 cm³/mol. The van der Waals surface area contributed by atoms with E-state index in [0.29, 0.717) is 5.76 Å². The quantitative estimate of drug-likeness (QED) is 0.533. The van der Waals surface area contributed by atoms with Crippen LogP contribution in [0, 0.1) is 3.77 Å². The van der Waals surface area contributed by atoms with Crippen LogP contribution >= 0.6 is 22.6 Å². The molecule has 82 valence electrons. The molecule has 0 aliphatic heterocycles. The van der Waals surface area contributed by atoms with E-state index in [1.165, 1.54) is 12.5 Å². The van der Waals surface area contributed by atoms with Gasteiger partial charge < -0.3 is 8.83 Å². The van der Waals surface area contributed by atoms with E-state index in [2.05, 4.69) is 10.5 Å². The molecule has 0 bridgehead atoms. The highest BCUT2D eigenvalue weighted by Gasteiger charge is 2.05. The lowest BCUT2D eigenvalue weighted by molar-refractivity contribution is 0.0927. The molecule has 6 heteroatoms. The van der Waals surface area contributed by atoms with Crippen molar-refractivity contribution in [1.82, 2.24) is 5.43 Å². The largest absolute Gasteiger partial charge is 0.459 e. The van der Waals surface area contributed by atoms with Crippen molar-refractivity contribution in [3.8, 4) is 0 Å². The summed E-state index contributed by atoms with van der Waals surface area (Å²) in [6.45, 7) is 0. The average molecular weight is 330 g/mol. The van der Waals surface area contributed by atoms with E-state index in [9.17, 15) is 4.79 Å². The second-order valence-electron chi connectivity index (χ2n) is 2.82. The Kier molecular flexibility index (Phi) is 3.40. The zero-order chi connectivity index (χ0) is 11.4. The molecule has 2 rings (SSSR count). The molecule has 2 heterocycles. The van der Waals surface area contributed by atoms with E-state index in [4.69, 9.17) is 8.83 Å². The fourth-order valence-electron chi connectivity index (χ4n) is 1.02. The average Bonchev–Trinajstić information content (AvgIpc) is 2.89. The first kappa shape index (κ1) is 10.9. The first-order valence-electron chi connectivity index (χ1n) is 4.38. The second-order valence-corrected chi connectivity index (χ2v) is 3.88. The monoisotopic (exact) mass is 330 g/mol. The summed E-state index contributed by atoms with van der Waals surface area (Å²) >= 11 is 2.04. The first-order valence-corrected chi connectivity index (χ1v) is 5.46. The third kappa shape index (κ3) is 2.72. The zero-order valence-corrected chi connectivity index (χ0v) is 10.2. The number of hydrazone groups is 1.